The van der Waals surface area contributed by atoms with Gasteiger partial charge >= 0.3 is 6.09 Å². The number of halogens is 1. The highest BCUT2D eigenvalue weighted by Gasteiger charge is 2.62. The molecule has 3 heterocycles. The van der Waals surface area contributed by atoms with Gasteiger partial charge in [0.1, 0.15) is 29.3 Å². The summed E-state index contributed by atoms with van der Waals surface area (Å²) in [5.41, 5.74) is 1.41. The van der Waals surface area contributed by atoms with Crippen molar-refractivity contribution in [3.8, 4) is 0 Å². The van der Waals surface area contributed by atoms with Crippen molar-refractivity contribution in [2.45, 2.75) is 114 Å². The number of aliphatic hydroxyl groups is 1. The molecule has 0 aromatic heterocycles. The lowest BCUT2D eigenvalue weighted by molar-refractivity contribution is -0.145. The van der Waals surface area contributed by atoms with Gasteiger partial charge in [0.05, 0.1) is 24.9 Å². The molecule has 5 atom stereocenters. The SMILES string of the molecule is CC(C)(CO)C(=O)C[C@H]1CCCCCC=C=C[C@@H]2C[C@@]2(C(=O)NS(=O)(=O)C2CC2)NC(=O)[C@@H]2C[C@@H](OC(=O)N3Cc4cccc(F)c4C3)CN2C1=O. The molecule has 1 saturated heterocycles. The molecule has 0 bridgehead atoms. The quantitative estimate of drug-likeness (QED) is 0.338. The normalized spacial score (nSPS) is 28.1. The van der Waals surface area contributed by atoms with Crippen LogP contribution in [0.15, 0.2) is 36.1 Å². The summed E-state index contributed by atoms with van der Waals surface area (Å²) in [5, 5.41) is 12.0. The number of carbonyl (C=O) groups excluding carboxylic acids is 5. The summed E-state index contributed by atoms with van der Waals surface area (Å²) in [6.45, 7) is 2.73. The Kier molecular flexibility index (Phi) is 10.7. The molecule has 13 nitrogen and oxygen atoms in total. The zero-order chi connectivity index (χ0) is 37.4. The fourth-order valence-corrected chi connectivity index (χ4v) is 8.62. The van der Waals surface area contributed by atoms with Crippen LogP contribution in [-0.4, -0.2) is 89.0 Å². The van der Waals surface area contributed by atoms with Crippen LogP contribution in [0.5, 0.6) is 0 Å². The minimum absolute atomic E-state index is 0.00427. The number of hydrogen-bond acceptors (Lipinski definition) is 9. The first-order chi connectivity index (χ1) is 24.6. The fourth-order valence-electron chi connectivity index (χ4n) is 7.25. The summed E-state index contributed by atoms with van der Waals surface area (Å²) >= 11 is 0. The highest BCUT2D eigenvalue weighted by molar-refractivity contribution is 7.91. The number of ketones is 1. The molecule has 6 rings (SSSR count). The van der Waals surface area contributed by atoms with Crippen molar-refractivity contribution >= 4 is 39.6 Å². The van der Waals surface area contributed by atoms with Gasteiger partial charge in [-0.2, -0.15) is 0 Å². The van der Waals surface area contributed by atoms with E-state index >= 15 is 0 Å². The fraction of sp³-hybridized carbons (Fsp3) is 0.622. The number of benzene rings is 1. The van der Waals surface area contributed by atoms with Gasteiger partial charge in [-0.1, -0.05) is 38.8 Å². The summed E-state index contributed by atoms with van der Waals surface area (Å²) in [6.07, 6.45) is 5.61. The molecule has 3 N–H and O–H groups in total. The van der Waals surface area contributed by atoms with Gasteiger partial charge in [-0.15, -0.1) is 5.73 Å². The third kappa shape index (κ3) is 7.96. The summed E-state index contributed by atoms with van der Waals surface area (Å²) < 4.78 is 47.9. The highest BCUT2D eigenvalue weighted by atomic mass is 32.2. The molecule has 2 aliphatic carbocycles. The molecule has 2 saturated carbocycles. The Bertz CT molecular complexity index is 1800. The van der Waals surface area contributed by atoms with E-state index in [-0.39, 0.29) is 44.7 Å². The van der Waals surface area contributed by atoms with Crippen LogP contribution in [-0.2, 0) is 47.0 Å². The largest absolute Gasteiger partial charge is 0.444 e. The number of hydrogen-bond donors (Lipinski definition) is 3. The molecule has 5 aliphatic rings. The third-order valence-corrected chi connectivity index (χ3v) is 12.8. The van der Waals surface area contributed by atoms with Crippen LogP contribution >= 0.6 is 0 Å². The average Bonchev–Trinajstić information content (AvgIpc) is 3.98. The molecule has 0 spiro atoms. The molecular formula is C37H47FN4O9S. The van der Waals surface area contributed by atoms with E-state index in [1.165, 1.54) is 15.9 Å². The zero-order valence-electron chi connectivity index (χ0n) is 29.6. The monoisotopic (exact) mass is 742 g/mol. The number of Topliss-reactive ketones (excluding diaryl/α,β-unsaturated/α-hetero) is 1. The van der Waals surface area contributed by atoms with E-state index in [1.54, 1.807) is 32.1 Å². The number of carbonyl (C=O) groups is 5. The van der Waals surface area contributed by atoms with Crippen LogP contribution in [0.3, 0.4) is 0 Å². The molecule has 52 heavy (non-hydrogen) atoms. The van der Waals surface area contributed by atoms with Gasteiger partial charge in [0.15, 0.2) is 0 Å². The van der Waals surface area contributed by atoms with Crippen LogP contribution in [0.2, 0.25) is 0 Å². The first-order valence-electron chi connectivity index (χ1n) is 18.1. The Balaban J connectivity index is 1.27. The van der Waals surface area contributed by atoms with Gasteiger partial charge in [-0.3, -0.25) is 28.8 Å². The maximum atomic E-state index is 14.4. The average molecular weight is 743 g/mol. The van der Waals surface area contributed by atoms with Crippen molar-refractivity contribution in [1.82, 2.24) is 19.8 Å². The number of sulfonamides is 1. The van der Waals surface area contributed by atoms with Crippen LogP contribution in [0, 0.1) is 23.1 Å². The highest BCUT2D eigenvalue weighted by Crippen LogP contribution is 2.46. The molecule has 3 aliphatic heterocycles. The van der Waals surface area contributed by atoms with Gasteiger partial charge in [0.25, 0.3) is 5.91 Å². The maximum absolute atomic E-state index is 14.4. The summed E-state index contributed by atoms with van der Waals surface area (Å²) in [7, 11) is -3.94. The Labute approximate surface area is 303 Å². The second kappa shape index (κ2) is 14.7. The van der Waals surface area contributed by atoms with E-state index in [4.69, 9.17) is 4.74 Å². The predicted molar refractivity (Wildman–Crippen MR) is 185 cm³/mol. The summed E-state index contributed by atoms with van der Waals surface area (Å²) in [4.78, 5) is 71.6. The lowest BCUT2D eigenvalue weighted by atomic mass is 9.82. The summed E-state index contributed by atoms with van der Waals surface area (Å²) in [5.74, 6) is -4.23. The predicted octanol–water partition coefficient (Wildman–Crippen LogP) is 3.00. The number of nitrogens with zero attached hydrogens (tertiary/aromatic N) is 2. The van der Waals surface area contributed by atoms with Crippen molar-refractivity contribution in [3.63, 3.8) is 0 Å². The minimum Gasteiger partial charge on any atom is -0.444 e. The van der Waals surface area contributed by atoms with Crippen molar-refractivity contribution in [1.29, 1.82) is 0 Å². The molecule has 15 heteroatoms. The van der Waals surface area contributed by atoms with Gasteiger partial charge in [-0.05, 0) is 62.3 Å². The number of ether oxygens (including phenoxy) is 1. The molecular weight excluding hydrogens is 695 g/mol. The number of amides is 4. The Morgan fingerprint density at radius 3 is 2.62 bits per heavy atom. The van der Waals surface area contributed by atoms with Crippen LogP contribution < -0.4 is 10.0 Å². The van der Waals surface area contributed by atoms with Gasteiger partial charge < -0.3 is 20.1 Å². The number of aliphatic hydroxyl groups excluding tert-OH is 1. The van der Waals surface area contributed by atoms with E-state index in [1.807, 2.05) is 6.08 Å². The topological polar surface area (TPSA) is 179 Å². The van der Waals surface area contributed by atoms with Gasteiger partial charge in [0, 0.05) is 42.2 Å². The van der Waals surface area contributed by atoms with Crippen molar-refractivity contribution in [3.05, 3.63) is 53.0 Å². The van der Waals surface area contributed by atoms with E-state index in [9.17, 15) is 41.9 Å². The first-order valence-corrected chi connectivity index (χ1v) is 19.7. The van der Waals surface area contributed by atoms with Crippen LogP contribution in [0.1, 0.15) is 89.2 Å². The van der Waals surface area contributed by atoms with E-state index in [0.29, 0.717) is 43.2 Å². The molecule has 282 valence electrons. The number of fused-ring (bicyclic) bond motifs is 3. The van der Waals surface area contributed by atoms with Gasteiger partial charge in [-0.25, -0.2) is 17.6 Å². The minimum atomic E-state index is -3.94. The number of nitrogens with one attached hydrogen (secondary N) is 2. The Morgan fingerprint density at radius 1 is 1.13 bits per heavy atom. The third-order valence-electron chi connectivity index (χ3n) is 11.0. The maximum Gasteiger partial charge on any atom is 0.410 e. The van der Waals surface area contributed by atoms with E-state index < -0.39 is 86.4 Å². The molecule has 3 fully saturated rings. The van der Waals surface area contributed by atoms with Gasteiger partial charge in [0.2, 0.25) is 21.8 Å². The summed E-state index contributed by atoms with van der Waals surface area (Å²) in [6, 6.07) is 3.38. The second-order valence-electron chi connectivity index (χ2n) is 15.5. The second-order valence-corrected chi connectivity index (χ2v) is 17.4. The zero-order valence-corrected chi connectivity index (χ0v) is 30.4. The van der Waals surface area contributed by atoms with Crippen LogP contribution in [0.25, 0.3) is 0 Å². The standard InChI is InChI=1S/C37H47FN4O9S/c1-36(2,22-43)31(44)16-23-10-7-5-3-4-6-8-12-25-18-37(25,34(47)40-52(49,50)27-14-15-27)39-32(45)30-17-26(20-42(30)33(23)46)51-35(48)41-19-24-11-9-13-29(38)28(24)21-41/h6,9,11-13,23,25-27,30,43H,3-5,7,10,14-22H2,1-2H3,(H,39,45)(H,40,47)/t8?,23-,25-,26-,30+,37-/m1/s1. The lowest BCUT2D eigenvalue weighted by Gasteiger charge is -2.30. The molecule has 4 amide bonds. The van der Waals surface area contributed by atoms with Crippen molar-refractivity contribution in [2.24, 2.45) is 17.3 Å². The smallest absolute Gasteiger partial charge is 0.410 e. The Morgan fingerprint density at radius 2 is 1.90 bits per heavy atom. The van der Waals surface area contributed by atoms with E-state index in [2.05, 4.69) is 15.8 Å². The van der Waals surface area contributed by atoms with E-state index in [0.717, 1.165) is 12.8 Å². The van der Waals surface area contributed by atoms with Crippen LogP contribution in [0.4, 0.5) is 9.18 Å². The molecule has 0 unspecified atom stereocenters. The number of rotatable bonds is 8. The first kappa shape index (κ1) is 37.7. The molecule has 1 aromatic rings. The Hall–Kier alpha value is -4.07. The molecule has 1 aromatic carbocycles. The van der Waals surface area contributed by atoms with Crippen molar-refractivity contribution < 1.29 is 46.6 Å². The lowest BCUT2D eigenvalue weighted by Crippen LogP contribution is -2.57. The van der Waals surface area contributed by atoms with Crippen molar-refractivity contribution in [2.75, 3.05) is 13.2 Å². The molecule has 0 radical (unpaired) electrons.